The summed E-state index contributed by atoms with van der Waals surface area (Å²) in [6, 6.07) is 6.23. The monoisotopic (exact) mass is 443 g/mol. The number of rotatable bonds is 6. The number of H-pyrrole nitrogens is 1. The lowest BCUT2D eigenvalue weighted by Crippen LogP contribution is -2.32. The Morgan fingerprint density at radius 3 is 2.65 bits per heavy atom. The minimum absolute atomic E-state index is 0.192. The van der Waals surface area contributed by atoms with Crippen LogP contribution in [0.4, 0.5) is 5.69 Å². The second-order valence-corrected chi connectivity index (χ2v) is 8.31. The summed E-state index contributed by atoms with van der Waals surface area (Å²) in [5, 5.41) is 15.9. The molecule has 1 aromatic carbocycles. The SMILES string of the molecule is CC(C)(C)C(=O)Nc1cc(Cl)ccc1-c1cc(=O)n(CC(=O)NCc2cn[nH]n2)cn1. The van der Waals surface area contributed by atoms with Gasteiger partial charge < -0.3 is 10.6 Å². The van der Waals surface area contributed by atoms with Crippen LogP contribution in [-0.2, 0) is 22.7 Å². The van der Waals surface area contributed by atoms with Crippen molar-refractivity contribution in [1.82, 2.24) is 30.3 Å². The van der Waals surface area contributed by atoms with Crippen LogP contribution in [0.25, 0.3) is 11.3 Å². The van der Waals surface area contributed by atoms with Gasteiger partial charge in [0.15, 0.2) is 0 Å². The van der Waals surface area contributed by atoms with Gasteiger partial charge in [0, 0.05) is 22.1 Å². The number of benzene rings is 1. The van der Waals surface area contributed by atoms with Gasteiger partial charge in [-0.1, -0.05) is 32.4 Å². The number of halogens is 1. The molecule has 31 heavy (non-hydrogen) atoms. The van der Waals surface area contributed by atoms with E-state index in [4.69, 9.17) is 11.6 Å². The molecule has 0 radical (unpaired) electrons. The van der Waals surface area contributed by atoms with Gasteiger partial charge in [-0.3, -0.25) is 19.0 Å². The number of anilines is 1. The van der Waals surface area contributed by atoms with E-state index in [2.05, 4.69) is 31.0 Å². The first-order valence-corrected chi connectivity index (χ1v) is 9.80. The van der Waals surface area contributed by atoms with Crippen LogP contribution in [0.5, 0.6) is 0 Å². The van der Waals surface area contributed by atoms with Crippen molar-refractivity contribution in [3.63, 3.8) is 0 Å². The largest absolute Gasteiger partial charge is 0.349 e. The Hall–Kier alpha value is -3.53. The van der Waals surface area contributed by atoms with E-state index >= 15 is 0 Å². The summed E-state index contributed by atoms with van der Waals surface area (Å²) in [7, 11) is 0. The van der Waals surface area contributed by atoms with Crippen LogP contribution in [0, 0.1) is 5.41 Å². The zero-order valence-electron chi connectivity index (χ0n) is 17.3. The fourth-order valence-corrected chi connectivity index (χ4v) is 2.73. The summed E-state index contributed by atoms with van der Waals surface area (Å²) < 4.78 is 1.19. The van der Waals surface area contributed by atoms with Crippen LogP contribution in [0.15, 0.2) is 41.6 Å². The Kier molecular flexibility index (Phi) is 6.50. The van der Waals surface area contributed by atoms with E-state index in [1.54, 1.807) is 39.0 Å². The van der Waals surface area contributed by atoms with Crippen molar-refractivity contribution in [2.24, 2.45) is 5.41 Å². The minimum Gasteiger partial charge on any atom is -0.349 e. The summed E-state index contributed by atoms with van der Waals surface area (Å²) in [6.45, 7) is 5.37. The second kappa shape index (κ2) is 9.09. The van der Waals surface area contributed by atoms with Crippen molar-refractivity contribution in [2.75, 3.05) is 5.32 Å². The third-order valence-electron chi connectivity index (χ3n) is 4.31. The number of amides is 2. The lowest BCUT2D eigenvalue weighted by atomic mass is 9.95. The highest BCUT2D eigenvalue weighted by molar-refractivity contribution is 6.31. The van der Waals surface area contributed by atoms with Gasteiger partial charge in [-0.25, -0.2) is 4.98 Å². The standard InChI is InChI=1S/C20H22ClN7O3/c1-20(2,3)19(31)25-16-6-12(21)4-5-14(16)15-7-18(30)28(11-23-15)10-17(29)22-8-13-9-24-27-26-13/h4-7,9,11H,8,10H2,1-3H3,(H,22,29)(H,25,31)(H,24,26,27). The molecule has 3 aromatic rings. The molecular weight excluding hydrogens is 422 g/mol. The van der Waals surface area contributed by atoms with Crippen molar-refractivity contribution in [3.05, 3.63) is 57.9 Å². The average molecular weight is 444 g/mol. The number of nitrogens with one attached hydrogen (secondary N) is 3. The molecule has 162 valence electrons. The molecule has 3 N–H and O–H groups in total. The Morgan fingerprint density at radius 1 is 1.23 bits per heavy atom. The van der Waals surface area contributed by atoms with E-state index in [1.165, 1.54) is 23.2 Å². The molecule has 0 spiro atoms. The highest BCUT2D eigenvalue weighted by Crippen LogP contribution is 2.30. The van der Waals surface area contributed by atoms with E-state index in [0.717, 1.165) is 0 Å². The molecular formula is C20H22ClN7O3. The Balaban J connectivity index is 1.78. The van der Waals surface area contributed by atoms with Gasteiger partial charge >= 0.3 is 0 Å². The van der Waals surface area contributed by atoms with Gasteiger partial charge in [0.25, 0.3) is 5.56 Å². The fraction of sp³-hybridized carbons (Fsp3) is 0.300. The fourth-order valence-electron chi connectivity index (χ4n) is 2.56. The van der Waals surface area contributed by atoms with Crippen molar-refractivity contribution < 1.29 is 9.59 Å². The van der Waals surface area contributed by atoms with E-state index in [0.29, 0.717) is 27.7 Å². The van der Waals surface area contributed by atoms with Crippen LogP contribution in [0.3, 0.4) is 0 Å². The molecule has 2 amide bonds. The zero-order valence-corrected chi connectivity index (χ0v) is 18.0. The van der Waals surface area contributed by atoms with Crippen molar-refractivity contribution in [1.29, 1.82) is 0 Å². The van der Waals surface area contributed by atoms with Gasteiger partial charge in [-0.05, 0) is 18.2 Å². The van der Waals surface area contributed by atoms with Crippen LogP contribution >= 0.6 is 11.6 Å². The first-order valence-electron chi connectivity index (χ1n) is 9.42. The maximum atomic E-state index is 12.5. The zero-order chi connectivity index (χ0) is 22.6. The number of carbonyl (C=O) groups excluding carboxylic acids is 2. The molecule has 0 aliphatic rings. The third kappa shape index (κ3) is 5.76. The molecule has 0 unspecified atom stereocenters. The maximum absolute atomic E-state index is 12.5. The summed E-state index contributed by atoms with van der Waals surface area (Å²) in [5.74, 6) is -0.572. The number of carbonyl (C=O) groups is 2. The first-order chi connectivity index (χ1) is 14.6. The predicted octanol–water partition coefficient (Wildman–Crippen LogP) is 1.98. The molecule has 10 nitrogen and oxygen atoms in total. The number of nitrogens with zero attached hydrogens (tertiary/aromatic N) is 4. The second-order valence-electron chi connectivity index (χ2n) is 7.87. The molecule has 0 saturated carbocycles. The van der Waals surface area contributed by atoms with E-state index < -0.39 is 11.0 Å². The normalized spacial score (nSPS) is 11.2. The Bertz CT molecular complexity index is 1150. The quantitative estimate of drug-likeness (QED) is 0.533. The van der Waals surface area contributed by atoms with Crippen molar-refractivity contribution >= 4 is 29.1 Å². The van der Waals surface area contributed by atoms with Gasteiger partial charge in [-0.15, -0.1) is 0 Å². The van der Waals surface area contributed by atoms with Crippen molar-refractivity contribution in [3.8, 4) is 11.3 Å². The van der Waals surface area contributed by atoms with Gasteiger partial charge in [0.05, 0.1) is 30.5 Å². The minimum atomic E-state index is -0.615. The van der Waals surface area contributed by atoms with E-state index in [9.17, 15) is 14.4 Å². The Labute approximate surface area is 183 Å². The van der Waals surface area contributed by atoms with Crippen LogP contribution in [0.1, 0.15) is 26.5 Å². The highest BCUT2D eigenvalue weighted by atomic mass is 35.5. The molecule has 0 aliphatic heterocycles. The molecule has 2 heterocycles. The van der Waals surface area contributed by atoms with Gasteiger partial charge in [-0.2, -0.15) is 15.4 Å². The molecule has 3 rings (SSSR count). The summed E-state index contributed by atoms with van der Waals surface area (Å²) in [4.78, 5) is 41.4. The van der Waals surface area contributed by atoms with Gasteiger partial charge in [0.2, 0.25) is 11.8 Å². The molecule has 0 aliphatic carbocycles. The summed E-state index contributed by atoms with van der Waals surface area (Å²) >= 11 is 6.09. The maximum Gasteiger partial charge on any atom is 0.254 e. The first kappa shape index (κ1) is 22.2. The molecule has 2 aromatic heterocycles. The lowest BCUT2D eigenvalue weighted by Gasteiger charge is -2.19. The van der Waals surface area contributed by atoms with Crippen LogP contribution in [-0.4, -0.2) is 36.8 Å². The van der Waals surface area contributed by atoms with E-state index in [-0.39, 0.29) is 24.9 Å². The lowest BCUT2D eigenvalue weighted by molar-refractivity contribution is -0.123. The summed E-state index contributed by atoms with van der Waals surface area (Å²) in [6.07, 6.45) is 2.78. The smallest absolute Gasteiger partial charge is 0.254 e. The van der Waals surface area contributed by atoms with Crippen molar-refractivity contribution in [2.45, 2.75) is 33.9 Å². The molecule has 0 atom stereocenters. The number of aromatic amines is 1. The number of hydrogen-bond acceptors (Lipinski definition) is 6. The molecule has 0 fully saturated rings. The highest BCUT2D eigenvalue weighted by Gasteiger charge is 2.22. The average Bonchev–Trinajstić information content (AvgIpc) is 3.21. The van der Waals surface area contributed by atoms with Gasteiger partial charge in [0.1, 0.15) is 12.2 Å². The van der Waals surface area contributed by atoms with Crippen LogP contribution < -0.4 is 16.2 Å². The predicted molar refractivity (Wildman–Crippen MR) is 115 cm³/mol. The summed E-state index contributed by atoms with van der Waals surface area (Å²) in [5.41, 5.74) is 0.885. The molecule has 11 heteroatoms. The third-order valence-corrected chi connectivity index (χ3v) is 4.55. The molecule has 0 bridgehead atoms. The number of aromatic nitrogens is 5. The topological polar surface area (TPSA) is 135 Å². The van der Waals surface area contributed by atoms with Crippen LogP contribution in [0.2, 0.25) is 5.02 Å². The molecule has 0 saturated heterocycles. The Morgan fingerprint density at radius 2 is 2.00 bits per heavy atom. The van der Waals surface area contributed by atoms with E-state index in [1.807, 2.05) is 0 Å². The number of hydrogen-bond donors (Lipinski definition) is 3.